The quantitative estimate of drug-likeness (QED) is 0.767. The average molecular weight is 210 g/mol. The third kappa shape index (κ3) is 1.79. The summed E-state index contributed by atoms with van der Waals surface area (Å²) < 4.78 is 6.56. The molecular weight excluding hydrogens is 200 g/mol. The highest BCUT2D eigenvalue weighted by atomic mass is 32.2. The lowest BCUT2D eigenvalue weighted by Crippen LogP contribution is -1.95. The fraction of sp³-hybridized carbons (Fsp3) is 0.375. The molecule has 0 bridgehead atoms. The van der Waals surface area contributed by atoms with E-state index in [1.807, 2.05) is 19.2 Å². The second-order valence-corrected chi connectivity index (χ2v) is 3.70. The van der Waals surface area contributed by atoms with Crippen LogP contribution in [0.4, 0.5) is 0 Å². The minimum Gasteiger partial charge on any atom is -0.359 e. The van der Waals surface area contributed by atoms with Gasteiger partial charge in [-0.2, -0.15) is 16.4 Å². The Balaban J connectivity index is 2.24. The molecule has 0 radical (unpaired) electrons. The van der Waals surface area contributed by atoms with Crippen LogP contribution in [0.15, 0.2) is 16.9 Å². The summed E-state index contributed by atoms with van der Waals surface area (Å²) in [5.74, 6) is 3.05. The first-order valence-electron chi connectivity index (χ1n) is 4.13. The Morgan fingerprint density at radius 3 is 3.07 bits per heavy atom. The molecule has 0 atom stereocenters. The fourth-order valence-corrected chi connectivity index (χ4v) is 1.45. The van der Waals surface area contributed by atoms with Crippen LogP contribution < -0.4 is 0 Å². The van der Waals surface area contributed by atoms with Crippen molar-refractivity contribution in [3.63, 3.8) is 0 Å². The van der Waals surface area contributed by atoms with Gasteiger partial charge >= 0.3 is 0 Å². The lowest BCUT2D eigenvalue weighted by atomic mass is 10.5. The second-order valence-electron chi connectivity index (χ2n) is 2.83. The molecule has 5 nitrogen and oxygen atoms in total. The van der Waals surface area contributed by atoms with Crippen molar-refractivity contribution in [2.45, 2.75) is 12.7 Å². The maximum absolute atomic E-state index is 4.94. The van der Waals surface area contributed by atoms with Gasteiger partial charge in [0, 0.05) is 6.07 Å². The molecule has 0 fully saturated rings. The first-order chi connectivity index (χ1) is 6.79. The maximum Gasteiger partial charge on any atom is 0.198 e. The molecule has 0 unspecified atom stereocenters. The number of nitrogens with zero attached hydrogens (tertiary/aromatic N) is 4. The van der Waals surface area contributed by atoms with E-state index in [0.29, 0.717) is 5.82 Å². The van der Waals surface area contributed by atoms with E-state index in [-0.39, 0.29) is 0 Å². The van der Waals surface area contributed by atoms with Gasteiger partial charge < -0.3 is 4.52 Å². The molecular formula is C8H10N4OS. The van der Waals surface area contributed by atoms with E-state index in [0.717, 1.165) is 17.3 Å². The van der Waals surface area contributed by atoms with Gasteiger partial charge in [-0.05, 0) is 13.2 Å². The van der Waals surface area contributed by atoms with E-state index >= 15 is 0 Å². The van der Waals surface area contributed by atoms with Crippen molar-refractivity contribution < 1.29 is 4.52 Å². The first-order valence-corrected chi connectivity index (χ1v) is 5.52. The summed E-state index contributed by atoms with van der Waals surface area (Å²) in [5, 5.41) is 8.08. The zero-order valence-corrected chi connectivity index (χ0v) is 8.78. The summed E-state index contributed by atoms with van der Waals surface area (Å²) in [4.78, 5) is 4.14. The van der Waals surface area contributed by atoms with E-state index in [1.165, 1.54) is 0 Å². The highest BCUT2D eigenvalue weighted by Crippen LogP contribution is 2.08. The van der Waals surface area contributed by atoms with Crippen LogP contribution >= 0.6 is 11.8 Å². The van der Waals surface area contributed by atoms with Crippen LogP contribution in [-0.2, 0) is 5.75 Å². The van der Waals surface area contributed by atoms with Gasteiger partial charge in [0.05, 0.1) is 5.75 Å². The van der Waals surface area contributed by atoms with Gasteiger partial charge in [0.1, 0.15) is 12.1 Å². The number of rotatable bonds is 3. The summed E-state index contributed by atoms with van der Waals surface area (Å²) in [6, 6.07) is 1.82. The summed E-state index contributed by atoms with van der Waals surface area (Å²) in [7, 11) is 0. The van der Waals surface area contributed by atoms with Crippen LogP contribution in [0.2, 0.25) is 0 Å². The number of hydrogen-bond donors (Lipinski definition) is 0. The van der Waals surface area contributed by atoms with Gasteiger partial charge in [-0.25, -0.2) is 4.98 Å². The zero-order valence-electron chi connectivity index (χ0n) is 7.97. The van der Waals surface area contributed by atoms with Crippen LogP contribution in [0.3, 0.4) is 0 Å². The van der Waals surface area contributed by atoms with Crippen molar-refractivity contribution in [1.29, 1.82) is 0 Å². The lowest BCUT2D eigenvalue weighted by molar-refractivity contribution is 0.393. The topological polar surface area (TPSA) is 56.7 Å². The zero-order chi connectivity index (χ0) is 9.97. The van der Waals surface area contributed by atoms with Crippen LogP contribution in [0, 0.1) is 6.92 Å². The van der Waals surface area contributed by atoms with Crippen molar-refractivity contribution in [2.75, 3.05) is 6.26 Å². The number of hydrogen-bond acceptors (Lipinski definition) is 5. The second kappa shape index (κ2) is 3.83. The molecule has 74 valence electrons. The van der Waals surface area contributed by atoms with Crippen molar-refractivity contribution >= 4 is 11.8 Å². The molecule has 6 heteroatoms. The monoisotopic (exact) mass is 210 g/mol. The van der Waals surface area contributed by atoms with Gasteiger partial charge in [0.25, 0.3) is 0 Å². The molecule has 0 aliphatic carbocycles. The molecule has 0 aliphatic rings. The molecule has 0 N–H and O–H groups in total. The molecule has 2 aromatic rings. The SMILES string of the molecule is CSCc1ncn(-c2cc(C)on2)n1. The minimum atomic E-state index is 0.669. The van der Waals surface area contributed by atoms with Gasteiger partial charge in [0.15, 0.2) is 11.6 Å². The third-order valence-corrected chi connectivity index (χ3v) is 2.21. The van der Waals surface area contributed by atoms with E-state index in [9.17, 15) is 0 Å². The van der Waals surface area contributed by atoms with Crippen molar-refractivity contribution in [1.82, 2.24) is 19.9 Å². The standard InChI is InChI=1S/C8H10N4OS/c1-6-3-8(11-13-6)12-5-9-7(10-12)4-14-2/h3,5H,4H2,1-2H3. The first kappa shape index (κ1) is 9.26. The largest absolute Gasteiger partial charge is 0.359 e. The van der Waals surface area contributed by atoms with E-state index < -0.39 is 0 Å². The Bertz CT molecular complexity index is 422. The number of aromatic nitrogens is 4. The molecule has 0 aliphatic heterocycles. The highest BCUT2D eigenvalue weighted by Gasteiger charge is 2.05. The Hall–Kier alpha value is -1.30. The predicted molar refractivity (Wildman–Crippen MR) is 53.4 cm³/mol. The highest BCUT2D eigenvalue weighted by molar-refractivity contribution is 7.97. The predicted octanol–water partition coefficient (Wildman–Crippen LogP) is 1.43. The normalized spacial score (nSPS) is 10.7. The van der Waals surface area contributed by atoms with Crippen LogP contribution in [0.1, 0.15) is 11.6 Å². The third-order valence-electron chi connectivity index (χ3n) is 1.66. The summed E-state index contributed by atoms with van der Waals surface area (Å²) in [6.45, 7) is 1.84. The summed E-state index contributed by atoms with van der Waals surface area (Å²) in [6.07, 6.45) is 3.66. The maximum atomic E-state index is 4.94. The smallest absolute Gasteiger partial charge is 0.198 e. The Labute approximate surface area is 85.5 Å². The number of aryl methyl sites for hydroxylation is 1. The molecule has 2 aromatic heterocycles. The van der Waals surface area contributed by atoms with Gasteiger partial charge in [0.2, 0.25) is 0 Å². The van der Waals surface area contributed by atoms with Crippen LogP contribution in [-0.4, -0.2) is 26.2 Å². The molecule has 14 heavy (non-hydrogen) atoms. The van der Waals surface area contributed by atoms with Crippen molar-refractivity contribution in [3.8, 4) is 5.82 Å². The molecule has 0 aromatic carbocycles. The Morgan fingerprint density at radius 2 is 2.43 bits per heavy atom. The van der Waals surface area contributed by atoms with E-state index in [4.69, 9.17) is 4.52 Å². The van der Waals surface area contributed by atoms with Crippen molar-refractivity contribution in [2.24, 2.45) is 0 Å². The molecule has 0 saturated heterocycles. The molecule has 2 rings (SSSR count). The Kier molecular flexibility index (Phi) is 2.53. The molecule has 2 heterocycles. The van der Waals surface area contributed by atoms with Gasteiger partial charge in [-0.3, -0.25) is 0 Å². The molecule has 0 saturated carbocycles. The fourth-order valence-electron chi connectivity index (χ4n) is 1.06. The molecule has 0 amide bonds. The lowest BCUT2D eigenvalue weighted by Gasteiger charge is -1.90. The minimum absolute atomic E-state index is 0.669. The number of thioether (sulfide) groups is 1. The summed E-state index contributed by atoms with van der Waals surface area (Å²) in [5.41, 5.74) is 0. The molecule has 0 spiro atoms. The summed E-state index contributed by atoms with van der Waals surface area (Å²) >= 11 is 1.69. The van der Waals surface area contributed by atoms with Crippen molar-refractivity contribution in [3.05, 3.63) is 24.0 Å². The Morgan fingerprint density at radius 1 is 1.57 bits per heavy atom. The van der Waals surface area contributed by atoms with Crippen LogP contribution in [0.25, 0.3) is 5.82 Å². The average Bonchev–Trinajstić information content (AvgIpc) is 2.74. The van der Waals surface area contributed by atoms with E-state index in [1.54, 1.807) is 22.8 Å². The van der Waals surface area contributed by atoms with Gasteiger partial charge in [-0.15, -0.1) is 5.10 Å². The van der Waals surface area contributed by atoms with Crippen LogP contribution in [0.5, 0.6) is 0 Å². The van der Waals surface area contributed by atoms with E-state index in [2.05, 4.69) is 15.2 Å². The van der Waals surface area contributed by atoms with Gasteiger partial charge in [-0.1, -0.05) is 5.16 Å².